The van der Waals surface area contributed by atoms with Crippen molar-refractivity contribution in [1.82, 2.24) is 4.31 Å². The molecule has 7 heteroatoms. The molecule has 0 fully saturated rings. The number of unbranched alkanes of at least 4 members (excludes halogenated alkanes) is 2. The minimum absolute atomic E-state index is 0.136. The lowest BCUT2D eigenvalue weighted by Gasteiger charge is -2.17. The van der Waals surface area contributed by atoms with E-state index in [1.165, 1.54) is 16.4 Å². The Morgan fingerprint density at radius 3 is 2.35 bits per heavy atom. The summed E-state index contributed by atoms with van der Waals surface area (Å²) in [7, 11) is -1.93. The van der Waals surface area contributed by atoms with Crippen LogP contribution in [0.1, 0.15) is 24.8 Å². The fraction of sp³-hybridized carbons (Fsp3) is 0.462. The van der Waals surface area contributed by atoms with E-state index >= 15 is 0 Å². The van der Waals surface area contributed by atoms with Crippen molar-refractivity contribution in [3.63, 3.8) is 0 Å². The number of nitrogens with two attached hydrogens (primary N) is 1. The fourth-order valence-corrected chi connectivity index (χ4v) is 3.06. The predicted octanol–water partition coefficient (Wildman–Crippen LogP) is 1.10. The normalized spacial score (nSPS) is 11.8. The van der Waals surface area contributed by atoms with Crippen LogP contribution in [0.4, 0.5) is 0 Å². The maximum absolute atomic E-state index is 12.3. The molecule has 1 aromatic rings. The van der Waals surface area contributed by atoms with E-state index in [9.17, 15) is 8.42 Å². The second-order valence-electron chi connectivity index (χ2n) is 4.50. The number of rotatable bonds is 8. The number of hydrogen-bond acceptors (Lipinski definition) is 4. The van der Waals surface area contributed by atoms with Crippen molar-refractivity contribution in [2.75, 3.05) is 20.2 Å². The zero-order chi connectivity index (χ0) is 15.2. The zero-order valence-corrected chi connectivity index (χ0v) is 13.1. The first kappa shape index (κ1) is 17.0. The van der Waals surface area contributed by atoms with Crippen molar-refractivity contribution in [3.05, 3.63) is 29.8 Å². The van der Waals surface area contributed by atoms with Crippen LogP contribution in [-0.4, -0.2) is 43.0 Å². The maximum Gasteiger partial charge on any atom is 0.242 e. The van der Waals surface area contributed by atoms with Crippen molar-refractivity contribution >= 4 is 27.2 Å². The third-order valence-corrected chi connectivity index (χ3v) is 5.08. The second-order valence-corrected chi connectivity index (χ2v) is 6.98. The van der Waals surface area contributed by atoms with Gasteiger partial charge in [0.2, 0.25) is 10.0 Å². The van der Waals surface area contributed by atoms with Crippen LogP contribution in [0.15, 0.2) is 29.2 Å². The van der Waals surface area contributed by atoms with E-state index in [1.54, 1.807) is 19.2 Å². The average molecular weight is 316 g/mol. The summed E-state index contributed by atoms with van der Waals surface area (Å²) in [6.45, 7) is 0.566. The van der Waals surface area contributed by atoms with Crippen LogP contribution in [0.25, 0.3) is 0 Å². The first-order valence-corrected chi connectivity index (χ1v) is 8.21. The van der Waals surface area contributed by atoms with Crippen molar-refractivity contribution in [1.29, 1.82) is 0 Å². The summed E-state index contributed by atoms with van der Waals surface area (Å²) < 4.78 is 25.9. The number of sulfonamides is 1. The highest BCUT2D eigenvalue weighted by molar-refractivity contribution is 7.89. The predicted molar refractivity (Wildman–Crippen MR) is 83.1 cm³/mol. The van der Waals surface area contributed by atoms with E-state index in [2.05, 4.69) is 0 Å². The molecule has 112 valence electrons. The highest BCUT2D eigenvalue weighted by atomic mass is 32.2. The zero-order valence-electron chi connectivity index (χ0n) is 11.4. The SMILES string of the molecule is CN(CCCCCO)S(=O)(=O)c1ccc(C(N)=S)cc1. The van der Waals surface area contributed by atoms with Gasteiger partial charge in [0.05, 0.1) is 4.90 Å². The number of aliphatic hydroxyl groups is 1. The van der Waals surface area contributed by atoms with Crippen molar-refractivity contribution in [2.45, 2.75) is 24.2 Å². The van der Waals surface area contributed by atoms with Gasteiger partial charge in [-0.2, -0.15) is 0 Å². The van der Waals surface area contributed by atoms with E-state index in [-0.39, 0.29) is 16.5 Å². The van der Waals surface area contributed by atoms with Crippen LogP contribution in [0.2, 0.25) is 0 Å². The number of hydrogen-bond donors (Lipinski definition) is 2. The molecule has 0 unspecified atom stereocenters. The Kier molecular flexibility index (Phi) is 6.54. The van der Waals surface area contributed by atoms with E-state index in [1.807, 2.05) is 0 Å². The monoisotopic (exact) mass is 316 g/mol. The Hall–Kier alpha value is -1.02. The van der Waals surface area contributed by atoms with Gasteiger partial charge < -0.3 is 10.8 Å². The summed E-state index contributed by atoms with van der Waals surface area (Å²) in [5.74, 6) is 0. The first-order valence-electron chi connectivity index (χ1n) is 6.36. The van der Waals surface area contributed by atoms with Crippen LogP contribution in [0, 0.1) is 0 Å². The van der Waals surface area contributed by atoms with Crippen molar-refractivity contribution < 1.29 is 13.5 Å². The van der Waals surface area contributed by atoms with Gasteiger partial charge in [0, 0.05) is 25.8 Å². The van der Waals surface area contributed by atoms with E-state index in [4.69, 9.17) is 23.1 Å². The van der Waals surface area contributed by atoms with Crippen LogP contribution < -0.4 is 5.73 Å². The minimum Gasteiger partial charge on any atom is -0.396 e. The molecule has 0 amide bonds. The van der Waals surface area contributed by atoms with E-state index < -0.39 is 10.0 Å². The number of nitrogens with zero attached hydrogens (tertiary/aromatic N) is 1. The Balaban J connectivity index is 2.74. The van der Waals surface area contributed by atoms with Crippen LogP contribution in [-0.2, 0) is 10.0 Å². The average Bonchev–Trinajstić information content (AvgIpc) is 2.43. The minimum atomic E-state index is -3.48. The lowest BCUT2D eigenvalue weighted by molar-refractivity contribution is 0.281. The summed E-state index contributed by atoms with van der Waals surface area (Å²) in [5.41, 5.74) is 6.12. The lowest BCUT2D eigenvalue weighted by atomic mass is 10.2. The molecule has 3 N–H and O–H groups in total. The quantitative estimate of drug-likeness (QED) is 0.554. The third kappa shape index (κ3) is 4.52. The van der Waals surface area contributed by atoms with E-state index in [0.29, 0.717) is 18.5 Å². The van der Waals surface area contributed by atoms with Gasteiger partial charge in [0.1, 0.15) is 4.99 Å². The van der Waals surface area contributed by atoms with Gasteiger partial charge in [-0.1, -0.05) is 24.4 Å². The molecule has 0 heterocycles. The van der Waals surface area contributed by atoms with Crippen molar-refractivity contribution in [3.8, 4) is 0 Å². The lowest BCUT2D eigenvalue weighted by Crippen LogP contribution is -2.28. The molecule has 0 saturated carbocycles. The summed E-state index contributed by atoms with van der Waals surface area (Å²) in [5, 5.41) is 8.69. The first-order chi connectivity index (χ1) is 9.39. The highest BCUT2D eigenvalue weighted by Gasteiger charge is 2.20. The van der Waals surface area contributed by atoms with Gasteiger partial charge in [0.15, 0.2) is 0 Å². The van der Waals surface area contributed by atoms with Crippen molar-refractivity contribution in [2.24, 2.45) is 5.73 Å². The maximum atomic E-state index is 12.3. The number of aliphatic hydroxyl groups excluding tert-OH is 1. The molecule has 20 heavy (non-hydrogen) atoms. The fourth-order valence-electron chi connectivity index (χ4n) is 1.71. The van der Waals surface area contributed by atoms with Gasteiger partial charge in [-0.3, -0.25) is 0 Å². The molecule has 5 nitrogen and oxygen atoms in total. The Bertz CT molecular complexity index is 541. The molecule has 0 radical (unpaired) electrons. The molecule has 0 aliphatic rings. The van der Waals surface area contributed by atoms with Crippen LogP contribution in [0.5, 0.6) is 0 Å². The molecule has 0 aliphatic carbocycles. The van der Waals surface area contributed by atoms with Gasteiger partial charge in [-0.15, -0.1) is 0 Å². The largest absolute Gasteiger partial charge is 0.396 e. The summed E-state index contributed by atoms with van der Waals surface area (Å²) in [6, 6.07) is 6.23. The summed E-state index contributed by atoms with van der Waals surface area (Å²) in [4.78, 5) is 0.466. The summed E-state index contributed by atoms with van der Waals surface area (Å²) in [6.07, 6.45) is 2.22. The molecular formula is C13H20N2O3S2. The smallest absolute Gasteiger partial charge is 0.242 e. The second kappa shape index (κ2) is 7.68. The highest BCUT2D eigenvalue weighted by Crippen LogP contribution is 2.16. The molecular weight excluding hydrogens is 296 g/mol. The van der Waals surface area contributed by atoms with Crippen LogP contribution >= 0.6 is 12.2 Å². The van der Waals surface area contributed by atoms with Gasteiger partial charge in [0.25, 0.3) is 0 Å². The molecule has 1 aromatic carbocycles. The van der Waals surface area contributed by atoms with Gasteiger partial charge >= 0.3 is 0 Å². The molecule has 0 atom stereocenters. The topological polar surface area (TPSA) is 83.6 Å². The molecule has 0 saturated heterocycles. The molecule has 0 aromatic heterocycles. The third-order valence-electron chi connectivity index (χ3n) is 2.98. The van der Waals surface area contributed by atoms with Gasteiger partial charge in [-0.25, -0.2) is 12.7 Å². The Labute approximate surface area is 125 Å². The van der Waals surface area contributed by atoms with Crippen LogP contribution in [0.3, 0.4) is 0 Å². The summed E-state index contributed by atoms with van der Waals surface area (Å²) >= 11 is 4.83. The molecule has 0 aliphatic heterocycles. The standard InChI is InChI=1S/C13H20N2O3S2/c1-15(9-3-2-4-10-16)20(17,18)12-7-5-11(6-8-12)13(14)19/h5-8,16H,2-4,9-10H2,1H3,(H2,14,19). The molecule has 0 spiro atoms. The number of benzene rings is 1. The van der Waals surface area contributed by atoms with E-state index in [0.717, 1.165) is 12.8 Å². The Morgan fingerprint density at radius 1 is 1.25 bits per heavy atom. The molecule has 1 rings (SSSR count). The number of thiocarbonyl (C=S) groups is 1. The van der Waals surface area contributed by atoms with Gasteiger partial charge in [-0.05, 0) is 31.4 Å². The molecule has 0 bridgehead atoms. The Morgan fingerprint density at radius 2 is 1.85 bits per heavy atom.